The SMILES string of the molecule is Cc1cc2cc(NC(=O)c3cnc(N4CCC(N(C(=O)OC(C)(C)C)C5CC5)C4)cn3)ccn2n1. The molecule has 1 saturated carbocycles. The monoisotopic (exact) mass is 477 g/mol. The topological polar surface area (TPSA) is 105 Å². The van der Waals surface area contributed by atoms with Gasteiger partial charge in [0.2, 0.25) is 0 Å². The number of carbonyl (C=O) groups excluding carboxylic acids is 2. The molecule has 0 bridgehead atoms. The van der Waals surface area contributed by atoms with Crippen molar-refractivity contribution >= 4 is 29.0 Å². The van der Waals surface area contributed by atoms with E-state index in [0.29, 0.717) is 18.1 Å². The molecule has 1 saturated heterocycles. The third-order valence-electron chi connectivity index (χ3n) is 6.14. The predicted octanol–water partition coefficient (Wildman–Crippen LogP) is 3.66. The summed E-state index contributed by atoms with van der Waals surface area (Å²) in [4.78, 5) is 38.4. The summed E-state index contributed by atoms with van der Waals surface area (Å²) in [5.41, 5.74) is 2.19. The van der Waals surface area contributed by atoms with Gasteiger partial charge in [-0.2, -0.15) is 5.10 Å². The Labute approximate surface area is 204 Å². The van der Waals surface area contributed by atoms with Crippen LogP contribution >= 0.6 is 0 Å². The summed E-state index contributed by atoms with van der Waals surface area (Å²) in [6.45, 7) is 9.03. The molecule has 0 aromatic carbocycles. The smallest absolute Gasteiger partial charge is 0.410 e. The lowest BCUT2D eigenvalue weighted by Crippen LogP contribution is -2.46. The number of nitrogens with one attached hydrogen (secondary N) is 1. The molecule has 1 aliphatic heterocycles. The van der Waals surface area contributed by atoms with Crippen molar-refractivity contribution in [3.8, 4) is 0 Å². The zero-order valence-electron chi connectivity index (χ0n) is 20.6. The Morgan fingerprint density at radius 1 is 1.11 bits per heavy atom. The van der Waals surface area contributed by atoms with Crippen LogP contribution in [0.2, 0.25) is 0 Å². The molecule has 10 nitrogen and oxygen atoms in total. The number of ether oxygens (including phenoxy) is 1. The van der Waals surface area contributed by atoms with Crippen LogP contribution in [-0.4, -0.2) is 67.3 Å². The lowest BCUT2D eigenvalue weighted by Gasteiger charge is -2.31. The first kappa shape index (κ1) is 23.1. The normalized spacial score (nSPS) is 18.1. The summed E-state index contributed by atoms with van der Waals surface area (Å²) < 4.78 is 7.42. The molecule has 0 spiro atoms. The summed E-state index contributed by atoms with van der Waals surface area (Å²) in [5, 5.41) is 7.21. The number of pyridine rings is 1. The quantitative estimate of drug-likeness (QED) is 0.598. The number of fused-ring (bicyclic) bond motifs is 1. The second-order valence-electron chi connectivity index (χ2n) is 10.3. The minimum Gasteiger partial charge on any atom is -0.444 e. The summed E-state index contributed by atoms with van der Waals surface area (Å²) in [5.74, 6) is 0.369. The van der Waals surface area contributed by atoms with Crippen LogP contribution in [0.4, 0.5) is 16.3 Å². The van der Waals surface area contributed by atoms with E-state index in [1.165, 1.54) is 6.20 Å². The van der Waals surface area contributed by atoms with Gasteiger partial charge in [-0.05, 0) is 65.2 Å². The number of nitrogens with zero attached hydrogens (tertiary/aromatic N) is 6. The van der Waals surface area contributed by atoms with E-state index < -0.39 is 5.60 Å². The fraction of sp³-hybridized carbons (Fsp3) is 0.480. The Morgan fingerprint density at radius 3 is 2.60 bits per heavy atom. The van der Waals surface area contributed by atoms with E-state index >= 15 is 0 Å². The third kappa shape index (κ3) is 5.21. The molecule has 0 radical (unpaired) electrons. The first-order valence-corrected chi connectivity index (χ1v) is 12.0. The Bertz CT molecular complexity index is 1240. The van der Waals surface area contributed by atoms with E-state index in [0.717, 1.165) is 37.0 Å². The summed E-state index contributed by atoms with van der Waals surface area (Å²) in [6, 6.07) is 5.93. The van der Waals surface area contributed by atoms with Crippen LogP contribution in [0.25, 0.3) is 5.52 Å². The molecule has 1 N–H and O–H groups in total. The van der Waals surface area contributed by atoms with E-state index in [9.17, 15) is 9.59 Å². The van der Waals surface area contributed by atoms with Gasteiger partial charge in [0.05, 0.1) is 29.6 Å². The molecule has 2 aliphatic rings. The zero-order valence-corrected chi connectivity index (χ0v) is 20.6. The number of aromatic nitrogens is 4. The van der Waals surface area contributed by atoms with Gasteiger partial charge in [-0.15, -0.1) is 0 Å². The van der Waals surface area contributed by atoms with E-state index in [1.807, 2.05) is 44.7 Å². The van der Waals surface area contributed by atoms with Gasteiger partial charge in [0.1, 0.15) is 17.1 Å². The highest BCUT2D eigenvalue weighted by Crippen LogP contribution is 2.33. The minimum atomic E-state index is -0.520. The predicted molar refractivity (Wildman–Crippen MR) is 132 cm³/mol. The van der Waals surface area contributed by atoms with Crippen molar-refractivity contribution < 1.29 is 14.3 Å². The molecule has 5 rings (SSSR count). The Kier molecular flexibility index (Phi) is 5.82. The Hall–Kier alpha value is -3.69. The van der Waals surface area contributed by atoms with Crippen LogP contribution in [0.3, 0.4) is 0 Å². The van der Waals surface area contributed by atoms with Gasteiger partial charge in [0, 0.05) is 31.0 Å². The van der Waals surface area contributed by atoms with Crippen molar-refractivity contribution in [3.63, 3.8) is 0 Å². The standard InChI is InChI=1S/C25H31N7O3/c1-16-11-20-12-17(7-10-31(20)29-16)28-23(33)21-13-27-22(14-26-21)30-9-8-19(15-30)32(18-5-6-18)24(34)35-25(2,3)4/h7,10-14,18-19H,5-6,8-9,15H2,1-4H3,(H,28,33). The number of aryl methyl sites for hydroxylation is 1. The van der Waals surface area contributed by atoms with Crippen molar-refractivity contribution in [3.05, 3.63) is 48.2 Å². The average Bonchev–Trinajstić information content (AvgIpc) is 3.36. The Morgan fingerprint density at radius 2 is 1.91 bits per heavy atom. The lowest BCUT2D eigenvalue weighted by molar-refractivity contribution is 0.0158. The fourth-order valence-electron chi connectivity index (χ4n) is 4.44. The highest BCUT2D eigenvalue weighted by molar-refractivity contribution is 6.03. The van der Waals surface area contributed by atoms with Crippen LogP contribution in [0, 0.1) is 6.92 Å². The van der Waals surface area contributed by atoms with Crippen LogP contribution in [-0.2, 0) is 4.74 Å². The molecule has 2 amide bonds. The van der Waals surface area contributed by atoms with Gasteiger partial charge in [0.15, 0.2) is 0 Å². The first-order valence-electron chi connectivity index (χ1n) is 12.0. The molecule has 35 heavy (non-hydrogen) atoms. The summed E-state index contributed by atoms with van der Waals surface area (Å²) in [7, 11) is 0. The average molecular weight is 478 g/mol. The number of hydrogen-bond donors (Lipinski definition) is 1. The maximum absolute atomic E-state index is 12.8. The van der Waals surface area contributed by atoms with E-state index in [2.05, 4.69) is 25.3 Å². The molecular formula is C25H31N7O3. The fourth-order valence-corrected chi connectivity index (χ4v) is 4.44. The van der Waals surface area contributed by atoms with Gasteiger partial charge >= 0.3 is 6.09 Å². The molecule has 1 aliphatic carbocycles. The molecule has 1 unspecified atom stereocenters. The van der Waals surface area contributed by atoms with E-state index in [-0.39, 0.29) is 29.8 Å². The number of amides is 2. The summed E-state index contributed by atoms with van der Waals surface area (Å²) >= 11 is 0. The molecule has 4 heterocycles. The van der Waals surface area contributed by atoms with Crippen molar-refractivity contribution in [2.45, 2.75) is 64.6 Å². The third-order valence-corrected chi connectivity index (χ3v) is 6.14. The molecule has 3 aromatic rings. The number of anilines is 2. The lowest BCUT2D eigenvalue weighted by atomic mass is 10.2. The maximum Gasteiger partial charge on any atom is 0.410 e. The number of hydrogen-bond acceptors (Lipinski definition) is 7. The van der Waals surface area contributed by atoms with E-state index in [4.69, 9.17) is 4.74 Å². The number of carbonyl (C=O) groups is 2. The van der Waals surface area contributed by atoms with Crippen LogP contribution < -0.4 is 10.2 Å². The van der Waals surface area contributed by atoms with Gasteiger partial charge in [-0.25, -0.2) is 19.3 Å². The first-order chi connectivity index (χ1) is 16.7. The second kappa shape index (κ2) is 8.83. The highest BCUT2D eigenvalue weighted by atomic mass is 16.6. The molecule has 184 valence electrons. The molecular weight excluding hydrogens is 446 g/mol. The number of rotatable bonds is 5. The van der Waals surface area contributed by atoms with Crippen molar-refractivity contribution in [2.24, 2.45) is 0 Å². The van der Waals surface area contributed by atoms with Gasteiger partial charge in [-0.3, -0.25) is 4.79 Å². The zero-order chi connectivity index (χ0) is 24.7. The van der Waals surface area contributed by atoms with Crippen LogP contribution in [0.15, 0.2) is 36.8 Å². The summed E-state index contributed by atoms with van der Waals surface area (Å²) in [6.07, 6.45) is 7.56. The molecule has 3 aromatic heterocycles. The van der Waals surface area contributed by atoms with E-state index in [1.54, 1.807) is 23.0 Å². The van der Waals surface area contributed by atoms with Crippen LogP contribution in [0.5, 0.6) is 0 Å². The van der Waals surface area contributed by atoms with Gasteiger partial charge in [0.25, 0.3) is 5.91 Å². The largest absolute Gasteiger partial charge is 0.444 e. The minimum absolute atomic E-state index is 0.0734. The van der Waals surface area contributed by atoms with Crippen molar-refractivity contribution in [1.82, 2.24) is 24.5 Å². The van der Waals surface area contributed by atoms with Gasteiger partial charge < -0.3 is 19.9 Å². The Balaban J connectivity index is 1.22. The second-order valence-corrected chi connectivity index (χ2v) is 10.3. The molecule has 1 atom stereocenters. The van der Waals surface area contributed by atoms with Gasteiger partial charge in [-0.1, -0.05) is 0 Å². The maximum atomic E-state index is 12.8. The van der Waals surface area contributed by atoms with Crippen molar-refractivity contribution in [1.29, 1.82) is 0 Å². The molecule has 2 fully saturated rings. The van der Waals surface area contributed by atoms with Crippen molar-refractivity contribution in [2.75, 3.05) is 23.3 Å². The van der Waals surface area contributed by atoms with Crippen LogP contribution in [0.1, 0.15) is 56.2 Å². The highest BCUT2D eigenvalue weighted by Gasteiger charge is 2.42. The molecule has 10 heteroatoms.